The lowest BCUT2D eigenvalue weighted by atomic mass is 9.93. The minimum Gasteiger partial charge on any atom is -0.481 e. The Balaban J connectivity index is 2.09. The molecule has 0 radical (unpaired) electrons. The molecule has 2 atom stereocenters. The van der Waals surface area contributed by atoms with E-state index in [9.17, 15) is 4.79 Å². The summed E-state index contributed by atoms with van der Waals surface area (Å²) in [4.78, 5) is 10.3. The molecule has 0 aromatic heterocycles. The SMILES string of the molecule is O=C(O)CCC/C=C\C[C@H]1COC[C@H]1CO. The van der Waals surface area contributed by atoms with Crippen LogP contribution in [0.15, 0.2) is 12.2 Å². The molecule has 0 amide bonds. The Kier molecular flexibility index (Phi) is 6.11. The van der Waals surface area contributed by atoms with Crippen molar-refractivity contribution in [2.45, 2.75) is 25.7 Å². The quantitative estimate of drug-likeness (QED) is 0.511. The van der Waals surface area contributed by atoms with Crippen molar-refractivity contribution < 1.29 is 19.7 Å². The van der Waals surface area contributed by atoms with Gasteiger partial charge in [-0.25, -0.2) is 0 Å². The number of rotatable bonds is 7. The summed E-state index contributed by atoms with van der Waals surface area (Å²) in [5, 5.41) is 17.5. The first-order valence-corrected chi connectivity index (χ1v) is 5.79. The van der Waals surface area contributed by atoms with Gasteiger partial charge in [-0.3, -0.25) is 4.79 Å². The molecule has 4 nitrogen and oxygen atoms in total. The maximum atomic E-state index is 10.3. The van der Waals surface area contributed by atoms with Crippen molar-refractivity contribution in [1.29, 1.82) is 0 Å². The molecule has 0 unspecified atom stereocenters. The highest BCUT2D eigenvalue weighted by Crippen LogP contribution is 2.23. The molecule has 1 aliphatic rings. The monoisotopic (exact) mass is 228 g/mol. The lowest BCUT2D eigenvalue weighted by molar-refractivity contribution is -0.137. The molecule has 0 spiro atoms. The van der Waals surface area contributed by atoms with Gasteiger partial charge >= 0.3 is 5.97 Å². The van der Waals surface area contributed by atoms with Crippen LogP contribution in [0.5, 0.6) is 0 Å². The normalized spacial score (nSPS) is 25.3. The van der Waals surface area contributed by atoms with Crippen molar-refractivity contribution in [3.63, 3.8) is 0 Å². The first-order chi connectivity index (χ1) is 7.74. The largest absolute Gasteiger partial charge is 0.481 e. The number of allylic oxidation sites excluding steroid dienone is 2. The highest BCUT2D eigenvalue weighted by molar-refractivity contribution is 5.66. The molecule has 2 N–H and O–H groups in total. The Hall–Kier alpha value is -0.870. The number of unbranched alkanes of at least 4 members (excludes halogenated alkanes) is 1. The summed E-state index contributed by atoms with van der Waals surface area (Å²) in [5.41, 5.74) is 0. The highest BCUT2D eigenvalue weighted by atomic mass is 16.5. The number of carboxylic acids is 1. The Morgan fingerprint density at radius 1 is 1.31 bits per heavy atom. The van der Waals surface area contributed by atoms with Crippen molar-refractivity contribution in [1.82, 2.24) is 0 Å². The fourth-order valence-corrected chi connectivity index (χ4v) is 1.87. The minimum absolute atomic E-state index is 0.192. The zero-order valence-electron chi connectivity index (χ0n) is 9.47. The molecule has 0 bridgehead atoms. The van der Waals surface area contributed by atoms with E-state index in [1.165, 1.54) is 0 Å². The van der Waals surface area contributed by atoms with Gasteiger partial charge in [-0.2, -0.15) is 0 Å². The third kappa shape index (κ3) is 4.77. The molecule has 1 heterocycles. The average Bonchev–Trinajstić information content (AvgIpc) is 2.70. The number of hydrogen-bond donors (Lipinski definition) is 2. The van der Waals surface area contributed by atoms with Crippen molar-refractivity contribution in [3.8, 4) is 0 Å². The molecule has 1 aliphatic heterocycles. The van der Waals surface area contributed by atoms with E-state index in [-0.39, 0.29) is 18.9 Å². The Morgan fingerprint density at radius 3 is 2.75 bits per heavy atom. The standard InChI is InChI=1S/C12H20O4/c13-7-11-9-16-8-10(11)5-3-1-2-4-6-12(14)15/h1,3,10-11,13H,2,4-9H2,(H,14,15)/b3-1-/t10-,11+/m0/s1. The summed E-state index contributed by atoms with van der Waals surface area (Å²) in [7, 11) is 0. The van der Waals surface area contributed by atoms with Crippen LogP contribution in [0, 0.1) is 11.8 Å². The van der Waals surface area contributed by atoms with Crippen LogP contribution in [0.3, 0.4) is 0 Å². The summed E-state index contributed by atoms with van der Waals surface area (Å²) in [6.45, 7) is 1.58. The average molecular weight is 228 g/mol. The predicted molar refractivity (Wildman–Crippen MR) is 60.1 cm³/mol. The topological polar surface area (TPSA) is 66.8 Å². The summed E-state index contributed by atoms with van der Waals surface area (Å²) in [6.07, 6.45) is 6.74. The van der Waals surface area contributed by atoms with E-state index in [0.29, 0.717) is 18.9 Å². The molecule has 16 heavy (non-hydrogen) atoms. The van der Waals surface area contributed by atoms with Gasteiger partial charge in [0.15, 0.2) is 0 Å². The van der Waals surface area contributed by atoms with Gasteiger partial charge in [0.25, 0.3) is 0 Å². The Bertz CT molecular complexity index is 237. The van der Waals surface area contributed by atoms with Crippen LogP contribution in [0.1, 0.15) is 25.7 Å². The molecular weight excluding hydrogens is 208 g/mol. The summed E-state index contributed by atoms with van der Waals surface area (Å²) >= 11 is 0. The number of carbonyl (C=O) groups is 1. The van der Waals surface area contributed by atoms with Gasteiger partial charge in [-0.15, -0.1) is 0 Å². The number of ether oxygens (including phenoxy) is 1. The van der Waals surface area contributed by atoms with E-state index >= 15 is 0 Å². The van der Waals surface area contributed by atoms with Gasteiger partial charge in [0.1, 0.15) is 0 Å². The van der Waals surface area contributed by atoms with Gasteiger partial charge in [-0.05, 0) is 25.2 Å². The van der Waals surface area contributed by atoms with Gasteiger partial charge in [0.2, 0.25) is 0 Å². The summed E-state index contributed by atoms with van der Waals surface area (Å²) in [5.74, 6) is -0.0534. The van der Waals surface area contributed by atoms with Gasteiger partial charge in [-0.1, -0.05) is 12.2 Å². The molecule has 0 aromatic carbocycles. The predicted octanol–water partition coefficient (Wildman–Crippen LogP) is 1.44. The van der Waals surface area contributed by atoms with Crippen molar-refractivity contribution in [3.05, 3.63) is 12.2 Å². The maximum absolute atomic E-state index is 10.3. The van der Waals surface area contributed by atoms with Crippen LogP contribution in [0.2, 0.25) is 0 Å². The number of hydrogen-bond acceptors (Lipinski definition) is 3. The molecule has 1 rings (SSSR count). The Morgan fingerprint density at radius 2 is 2.06 bits per heavy atom. The van der Waals surface area contributed by atoms with Crippen LogP contribution < -0.4 is 0 Å². The van der Waals surface area contributed by atoms with E-state index < -0.39 is 5.97 Å². The third-order valence-corrected chi connectivity index (χ3v) is 2.93. The molecule has 0 saturated carbocycles. The second-order valence-electron chi connectivity index (χ2n) is 4.23. The zero-order valence-corrected chi connectivity index (χ0v) is 9.47. The van der Waals surface area contributed by atoms with Gasteiger partial charge in [0.05, 0.1) is 13.2 Å². The number of carboxylic acid groups (broad SMARTS) is 1. The van der Waals surface area contributed by atoms with E-state index in [1.807, 2.05) is 6.08 Å². The molecule has 92 valence electrons. The second-order valence-corrected chi connectivity index (χ2v) is 4.23. The van der Waals surface area contributed by atoms with Crippen LogP contribution in [-0.2, 0) is 9.53 Å². The lowest BCUT2D eigenvalue weighted by Gasteiger charge is -2.11. The highest BCUT2D eigenvalue weighted by Gasteiger charge is 2.26. The number of aliphatic hydroxyl groups excluding tert-OH is 1. The van der Waals surface area contributed by atoms with Crippen molar-refractivity contribution in [2.75, 3.05) is 19.8 Å². The summed E-state index contributed by atoms with van der Waals surface area (Å²) < 4.78 is 5.30. The first-order valence-electron chi connectivity index (χ1n) is 5.79. The first kappa shape index (κ1) is 13.2. The molecule has 1 fully saturated rings. The van der Waals surface area contributed by atoms with Crippen LogP contribution in [0.4, 0.5) is 0 Å². The van der Waals surface area contributed by atoms with Gasteiger partial charge in [0, 0.05) is 18.9 Å². The van der Waals surface area contributed by atoms with E-state index in [4.69, 9.17) is 14.9 Å². The van der Waals surface area contributed by atoms with E-state index in [2.05, 4.69) is 6.08 Å². The Labute approximate surface area is 95.9 Å². The van der Waals surface area contributed by atoms with Crippen LogP contribution in [0.25, 0.3) is 0 Å². The fraction of sp³-hybridized carbons (Fsp3) is 0.750. The summed E-state index contributed by atoms with van der Waals surface area (Å²) in [6, 6.07) is 0. The molecule has 0 aliphatic carbocycles. The van der Waals surface area contributed by atoms with Gasteiger partial charge < -0.3 is 14.9 Å². The number of aliphatic hydroxyl groups is 1. The minimum atomic E-state index is -0.738. The van der Waals surface area contributed by atoms with E-state index in [1.54, 1.807) is 0 Å². The third-order valence-electron chi connectivity index (χ3n) is 2.93. The van der Waals surface area contributed by atoms with E-state index in [0.717, 1.165) is 19.4 Å². The smallest absolute Gasteiger partial charge is 0.303 e. The zero-order chi connectivity index (χ0) is 11.8. The molecule has 1 saturated heterocycles. The van der Waals surface area contributed by atoms with Crippen molar-refractivity contribution in [2.24, 2.45) is 11.8 Å². The van der Waals surface area contributed by atoms with Crippen molar-refractivity contribution >= 4 is 5.97 Å². The van der Waals surface area contributed by atoms with Crippen LogP contribution >= 0.6 is 0 Å². The number of aliphatic carboxylic acids is 1. The fourth-order valence-electron chi connectivity index (χ4n) is 1.87. The maximum Gasteiger partial charge on any atom is 0.303 e. The molecule has 0 aromatic rings. The van der Waals surface area contributed by atoms with Crippen LogP contribution in [-0.4, -0.2) is 36.0 Å². The molecule has 4 heteroatoms. The molecular formula is C12H20O4. The second kappa shape index (κ2) is 7.41. The lowest BCUT2D eigenvalue weighted by Crippen LogP contribution is -2.15.